The van der Waals surface area contributed by atoms with Crippen LogP contribution in [0.1, 0.15) is 62.2 Å². The van der Waals surface area contributed by atoms with Crippen LogP contribution in [0.4, 0.5) is 0 Å². The molecular formula is C18H29N3O3. The maximum Gasteiger partial charge on any atom is 0.273 e. The van der Waals surface area contributed by atoms with Crippen LogP contribution >= 0.6 is 0 Å². The zero-order valence-corrected chi connectivity index (χ0v) is 15.0. The summed E-state index contributed by atoms with van der Waals surface area (Å²) in [6, 6.07) is 0.190. The number of hydrogen-bond donors (Lipinski definition) is 1. The van der Waals surface area contributed by atoms with E-state index in [0.717, 1.165) is 32.7 Å². The van der Waals surface area contributed by atoms with Gasteiger partial charge in [0.1, 0.15) is 5.76 Å². The summed E-state index contributed by atoms with van der Waals surface area (Å²) in [6.45, 7) is 10.1. The lowest BCUT2D eigenvalue weighted by Gasteiger charge is -2.38. The standard InChI is InChI=1S/C18H29N3O3/c1-12(2)17-16(19-11-24-17)18(22)20-15-6-7-21(9-13(15)3)10-14-5-4-8-23-14/h11-15H,4-10H2,1-3H3,(H,20,22)/t13-,14+,15+/m0/s1. The van der Waals surface area contributed by atoms with Crippen LogP contribution in [-0.2, 0) is 4.74 Å². The van der Waals surface area contributed by atoms with Crippen molar-refractivity contribution in [3.63, 3.8) is 0 Å². The third kappa shape index (κ3) is 3.98. The molecule has 134 valence electrons. The fourth-order valence-electron chi connectivity index (χ4n) is 3.76. The topological polar surface area (TPSA) is 67.6 Å². The van der Waals surface area contributed by atoms with Crippen molar-refractivity contribution in [3.05, 3.63) is 17.8 Å². The van der Waals surface area contributed by atoms with Crippen LogP contribution in [0, 0.1) is 5.92 Å². The van der Waals surface area contributed by atoms with E-state index in [2.05, 4.69) is 22.1 Å². The molecule has 2 aliphatic heterocycles. The number of aromatic nitrogens is 1. The lowest BCUT2D eigenvalue weighted by molar-refractivity contribution is 0.0497. The Kier molecular flexibility index (Phi) is 5.56. The van der Waals surface area contributed by atoms with Crippen LogP contribution in [0.5, 0.6) is 0 Å². The van der Waals surface area contributed by atoms with Crippen molar-refractivity contribution in [1.82, 2.24) is 15.2 Å². The molecule has 1 aromatic rings. The van der Waals surface area contributed by atoms with Gasteiger partial charge in [0.2, 0.25) is 0 Å². The largest absolute Gasteiger partial charge is 0.447 e. The first-order valence-corrected chi connectivity index (χ1v) is 9.12. The highest BCUT2D eigenvalue weighted by Crippen LogP contribution is 2.22. The molecule has 6 heteroatoms. The van der Waals surface area contributed by atoms with Crippen LogP contribution in [-0.4, -0.2) is 54.2 Å². The number of piperidine rings is 1. The SMILES string of the molecule is CC(C)c1ocnc1C(=O)N[C@@H]1CCN(C[C@H]2CCCO2)C[C@@H]1C. The second-order valence-electron chi connectivity index (χ2n) is 7.46. The van der Waals surface area contributed by atoms with Crippen molar-refractivity contribution < 1.29 is 13.9 Å². The van der Waals surface area contributed by atoms with Gasteiger partial charge in [-0.15, -0.1) is 0 Å². The second kappa shape index (κ2) is 7.66. The average Bonchev–Trinajstić information content (AvgIpc) is 3.21. The van der Waals surface area contributed by atoms with Crippen LogP contribution in [0.15, 0.2) is 10.8 Å². The van der Waals surface area contributed by atoms with Crippen LogP contribution in [0.25, 0.3) is 0 Å². The molecule has 1 amide bonds. The molecule has 0 bridgehead atoms. The lowest BCUT2D eigenvalue weighted by Crippen LogP contribution is -2.51. The van der Waals surface area contributed by atoms with Crippen molar-refractivity contribution in [1.29, 1.82) is 0 Å². The summed E-state index contributed by atoms with van der Waals surface area (Å²) >= 11 is 0. The molecule has 3 atom stereocenters. The summed E-state index contributed by atoms with van der Waals surface area (Å²) in [4.78, 5) is 19.1. The number of carbonyl (C=O) groups excluding carboxylic acids is 1. The van der Waals surface area contributed by atoms with Crippen molar-refractivity contribution in [2.75, 3.05) is 26.2 Å². The predicted octanol–water partition coefficient (Wildman–Crippen LogP) is 2.42. The van der Waals surface area contributed by atoms with Gasteiger partial charge >= 0.3 is 0 Å². The number of rotatable bonds is 5. The number of oxazole rings is 1. The molecule has 0 saturated carbocycles. The highest BCUT2D eigenvalue weighted by Gasteiger charge is 2.30. The van der Waals surface area contributed by atoms with E-state index in [1.54, 1.807) is 0 Å². The van der Waals surface area contributed by atoms with Gasteiger partial charge in [-0.3, -0.25) is 4.79 Å². The number of amides is 1. The molecule has 1 N–H and O–H groups in total. The molecule has 3 rings (SSSR count). The Balaban J connectivity index is 1.52. The molecule has 0 unspecified atom stereocenters. The molecule has 0 spiro atoms. The van der Waals surface area contributed by atoms with E-state index in [9.17, 15) is 4.79 Å². The Morgan fingerprint density at radius 1 is 1.46 bits per heavy atom. The Hall–Kier alpha value is -1.40. The highest BCUT2D eigenvalue weighted by molar-refractivity contribution is 5.93. The minimum Gasteiger partial charge on any atom is -0.447 e. The van der Waals surface area contributed by atoms with Gasteiger partial charge in [0.25, 0.3) is 5.91 Å². The number of carbonyl (C=O) groups is 1. The van der Waals surface area contributed by atoms with Gasteiger partial charge in [-0.05, 0) is 25.2 Å². The van der Waals surface area contributed by atoms with Crippen molar-refractivity contribution in [2.45, 2.75) is 58.1 Å². The fraction of sp³-hybridized carbons (Fsp3) is 0.778. The molecule has 0 aromatic carbocycles. The molecule has 2 aliphatic rings. The van der Waals surface area contributed by atoms with Gasteiger partial charge in [0, 0.05) is 38.2 Å². The van der Waals surface area contributed by atoms with Crippen molar-refractivity contribution in [2.24, 2.45) is 5.92 Å². The van der Waals surface area contributed by atoms with E-state index in [1.165, 1.54) is 19.2 Å². The quantitative estimate of drug-likeness (QED) is 0.895. The number of hydrogen-bond acceptors (Lipinski definition) is 5. The Labute approximate surface area is 143 Å². The van der Waals surface area contributed by atoms with Gasteiger partial charge in [-0.1, -0.05) is 20.8 Å². The average molecular weight is 335 g/mol. The summed E-state index contributed by atoms with van der Waals surface area (Å²) in [5, 5.41) is 3.16. The predicted molar refractivity (Wildman–Crippen MR) is 91.0 cm³/mol. The molecular weight excluding hydrogens is 306 g/mol. The molecule has 6 nitrogen and oxygen atoms in total. The molecule has 3 heterocycles. The molecule has 24 heavy (non-hydrogen) atoms. The molecule has 0 radical (unpaired) electrons. The van der Waals surface area contributed by atoms with Gasteiger partial charge in [0.15, 0.2) is 12.1 Å². The van der Waals surface area contributed by atoms with E-state index >= 15 is 0 Å². The number of nitrogens with one attached hydrogen (secondary N) is 1. The van der Waals surface area contributed by atoms with E-state index in [4.69, 9.17) is 9.15 Å². The summed E-state index contributed by atoms with van der Waals surface area (Å²) in [5.41, 5.74) is 0.430. The second-order valence-corrected chi connectivity index (χ2v) is 7.46. The van der Waals surface area contributed by atoms with Crippen molar-refractivity contribution in [3.8, 4) is 0 Å². The third-order valence-electron chi connectivity index (χ3n) is 5.13. The van der Waals surface area contributed by atoms with E-state index in [0.29, 0.717) is 23.5 Å². The molecule has 2 saturated heterocycles. The molecule has 0 aliphatic carbocycles. The first-order chi connectivity index (χ1) is 11.5. The fourth-order valence-corrected chi connectivity index (χ4v) is 3.76. The molecule has 1 aromatic heterocycles. The van der Waals surface area contributed by atoms with Crippen molar-refractivity contribution >= 4 is 5.91 Å². The van der Waals surface area contributed by atoms with Crippen LogP contribution in [0.2, 0.25) is 0 Å². The Morgan fingerprint density at radius 2 is 2.29 bits per heavy atom. The van der Waals surface area contributed by atoms with Crippen LogP contribution in [0.3, 0.4) is 0 Å². The Morgan fingerprint density at radius 3 is 2.96 bits per heavy atom. The summed E-state index contributed by atoms with van der Waals surface area (Å²) in [7, 11) is 0. The number of likely N-dealkylation sites (tertiary alicyclic amines) is 1. The van der Waals surface area contributed by atoms with E-state index in [1.807, 2.05) is 13.8 Å². The molecule has 2 fully saturated rings. The lowest BCUT2D eigenvalue weighted by atomic mass is 9.93. The third-order valence-corrected chi connectivity index (χ3v) is 5.13. The zero-order valence-electron chi connectivity index (χ0n) is 15.0. The summed E-state index contributed by atoms with van der Waals surface area (Å²) in [6.07, 6.45) is 5.08. The maximum atomic E-state index is 12.5. The van der Waals surface area contributed by atoms with Gasteiger partial charge < -0.3 is 19.4 Å². The summed E-state index contributed by atoms with van der Waals surface area (Å²) < 4.78 is 11.1. The monoisotopic (exact) mass is 335 g/mol. The van der Waals surface area contributed by atoms with Gasteiger partial charge in [0.05, 0.1) is 6.10 Å². The highest BCUT2D eigenvalue weighted by atomic mass is 16.5. The smallest absolute Gasteiger partial charge is 0.273 e. The zero-order chi connectivity index (χ0) is 17.1. The van der Waals surface area contributed by atoms with Gasteiger partial charge in [-0.25, -0.2) is 4.98 Å². The van der Waals surface area contributed by atoms with Crippen LogP contribution < -0.4 is 5.32 Å². The first kappa shape index (κ1) is 17.4. The van der Waals surface area contributed by atoms with Gasteiger partial charge in [-0.2, -0.15) is 0 Å². The Bertz CT molecular complexity index is 551. The minimum absolute atomic E-state index is 0.114. The summed E-state index contributed by atoms with van der Waals surface area (Å²) in [5.74, 6) is 1.12. The van der Waals surface area contributed by atoms with E-state index in [-0.39, 0.29) is 17.9 Å². The maximum absolute atomic E-state index is 12.5. The number of nitrogens with zero attached hydrogens (tertiary/aromatic N) is 2. The minimum atomic E-state index is -0.114. The normalized spacial score (nSPS) is 28.4. The van der Waals surface area contributed by atoms with E-state index < -0.39 is 0 Å². The first-order valence-electron chi connectivity index (χ1n) is 9.12. The number of ether oxygens (including phenoxy) is 1.